The molecule has 9 heteroatoms. The van der Waals surface area contributed by atoms with Crippen molar-refractivity contribution in [1.82, 2.24) is 20.9 Å². The van der Waals surface area contributed by atoms with E-state index in [2.05, 4.69) is 31.9 Å². The van der Waals surface area contributed by atoms with E-state index in [0.717, 1.165) is 10.0 Å². The molecule has 1 spiro atoms. The summed E-state index contributed by atoms with van der Waals surface area (Å²) in [6.45, 7) is 0.872. The van der Waals surface area contributed by atoms with Gasteiger partial charge in [0.25, 0.3) is 5.91 Å². The van der Waals surface area contributed by atoms with Crippen LogP contribution < -0.4 is 16.0 Å². The van der Waals surface area contributed by atoms with Gasteiger partial charge in [0, 0.05) is 23.5 Å². The van der Waals surface area contributed by atoms with Crippen molar-refractivity contribution in [2.45, 2.75) is 37.3 Å². The molecule has 2 aliphatic heterocycles. The van der Waals surface area contributed by atoms with Crippen molar-refractivity contribution in [3.63, 3.8) is 0 Å². The average molecular weight is 449 g/mol. The lowest BCUT2D eigenvalue weighted by Gasteiger charge is -2.40. The number of piperazine rings is 1. The second-order valence-corrected chi connectivity index (χ2v) is 8.46. The lowest BCUT2D eigenvalue weighted by molar-refractivity contribution is -0.148. The highest BCUT2D eigenvalue weighted by molar-refractivity contribution is 9.10. The van der Waals surface area contributed by atoms with Gasteiger partial charge in [0.2, 0.25) is 11.8 Å². The second kappa shape index (κ2) is 7.20. The Hall–Kier alpha value is -2.42. The van der Waals surface area contributed by atoms with Crippen LogP contribution in [0.25, 0.3) is 0 Å². The Morgan fingerprint density at radius 3 is 2.39 bits per heavy atom. The number of nitrogens with one attached hydrogen (secondary N) is 3. The fraction of sp³-hybridized carbons (Fsp3) is 0.474. The predicted octanol–water partition coefficient (Wildman–Crippen LogP) is 1.22. The lowest BCUT2D eigenvalue weighted by Crippen LogP contribution is -2.55. The zero-order chi connectivity index (χ0) is 19.9. The monoisotopic (exact) mass is 448 g/mol. The minimum atomic E-state index is -0.891. The quantitative estimate of drug-likeness (QED) is 0.591. The third kappa shape index (κ3) is 3.28. The minimum absolute atomic E-state index is 0.0673. The van der Waals surface area contributed by atoms with Crippen molar-refractivity contribution >= 4 is 39.7 Å². The summed E-state index contributed by atoms with van der Waals surface area (Å²) in [5, 5.41) is 7.83. The molecule has 5 amide bonds. The molecule has 3 aliphatic rings. The van der Waals surface area contributed by atoms with Crippen LogP contribution in [-0.4, -0.2) is 47.3 Å². The standard InChI is InChI=1S/C19H21BrN4O4/c20-13-3-1-11(2-4-13)14-15(25)21-9-10-24(14)16(26)12-5-7-19(8-6-12)17(27)22-18(28)23-19/h1-4,12,14H,5-10H2,(H,21,25)(H2,22,23,27,28). The number of imide groups is 1. The van der Waals surface area contributed by atoms with Gasteiger partial charge in [-0.25, -0.2) is 4.79 Å². The number of halogens is 1. The summed E-state index contributed by atoms with van der Waals surface area (Å²) in [5.74, 6) is -0.827. The summed E-state index contributed by atoms with van der Waals surface area (Å²) in [6, 6.07) is 6.26. The molecule has 2 heterocycles. The van der Waals surface area contributed by atoms with E-state index in [4.69, 9.17) is 0 Å². The Balaban J connectivity index is 1.50. The topological polar surface area (TPSA) is 108 Å². The molecule has 0 radical (unpaired) electrons. The molecule has 28 heavy (non-hydrogen) atoms. The molecule has 148 valence electrons. The Labute approximate surface area is 170 Å². The molecule has 1 aromatic rings. The Bertz CT molecular complexity index is 833. The van der Waals surface area contributed by atoms with Gasteiger partial charge in [-0.05, 0) is 43.4 Å². The van der Waals surface area contributed by atoms with Gasteiger partial charge >= 0.3 is 6.03 Å². The Morgan fingerprint density at radius 2 is 1.79 bits per heavy atom. The van der Waals surface area contributed by atoms with Gasteiger partial charge in [0.1, 0.15) is 11.6 Å². The number of rotatable bonds is 2. The zero-order valence-corrected chi connectivity index (χ0v) is 16.8. The van der Waals surface area contributed by atoms with Crippen LogP contribution in [0.1, 0.15) is 37.3 Å². The van der Waals surface area contributed by atoms with Crippen LogP contribution in [0.3, 0.4) is 0 Å². The molecule has 1 saturated carbocycles. The number of amides is 5. The number of carbonyl (C=O) groups is 4. The number of hydrogen-bond acceptors (Lipinski definition) is 4. The summed E-state index contributed by atoms with van der Waals surface area (Å²) in [7, 11) is 0. The summed E-state index contributed by atoms with van der Waals surface area (Å²) in [4.78, 5) is 51.0. The van der Waals surface area contributed by atoms with Crippen LogP contribution >= 0.6 is 15.9 Å². The molecule has 1 unspecified atom stereocenters. The summed E-state index contributed by atoms with van der Waals surface area (Å²) >= 11 is 3.39. The number of benzene rings is 1. The smallest absolute Gasteiger partial charge is 0.322 e. The molecule has 1 aliphatic carbocycles. The molecule has 2 saturated heterocycles. The van der Waals surface area contributed by atoms with Gasteiger partial charge in [-0.1, -0.05) is 28.1 Å². The SMILES string of the molecule is O=C1NC(=O)C2(CCC(C(=O)N3CCNC(=O)C3c3ccc(Br)cc3)CC2)N1. The van der Waals surface area contributed by atoms with Crippen molar-refractivity contribution in [2.75, 3.05) is 13.1 Å². The molecule has 0 aromatic heterocycles. The Morgan fingerprint density at radius 1 is 1.11 bits per heavy atom. The number of nitrogens with zero attached hydrogens (tertiary/aromatic N) is 1. The van der Waals surface area contributed by atoms with Gasteiger partial charge < -0.3 is 15.5 Å². The van der Waals surface area contributed by atoms with E-state index < -0.39 is 17.6 Å². The van der Waals surface area contributed by atoms with Gasteiger partial charge in [-0.15, -0.1) is 0 Å². The molecule has 1 atom stereocenters. The van der Waals surface area contributed by atoms with Crippen molar-refractivity contribution in [2.24, 2.45) is 5.92 Å². The van der Waals surface area contributed by atoms with Crippen molar-refractivity contribution in [1.29, 1.82) is 0 Å². The highest BCUT2D eigenvalue weighted by Gasteiger charge is 2.50. The summed E-state index contributed by atoms with van der Waals surface area (Å²) in [6.07, 6.45) is 1.84. The average Bonchev–Trinajstić information content (AvgIpc) is 2.95. The third-order valence-electron chi connectivity index (χ3n) is 5.88. The van der Waals surface area contributed by atoms with Crippen LogP contribution in [0.2, 0.25) is 0 Å². The van der Waals surface area contributed by atoms with Crippen LogP contribution in [-0.2, 0) is 14.4 Å². The molecule has 4 rings (SSSR count). The summed E-state index contributed by atoms with van der Waals surface area (Å²) < 4.78 is 0.903. The van der Waals surface area contributed by atoms with Crippen molar-refractivity contribution in [3.8, 4) is 0 Å². The van der Waals surface area contributed by atoms with E-state index in [9.17, 15) is 19.2 Å². The highest BCUT2D eigenvalue weighted by Crippen LogP contribution is 2.36. The van der Waals surface area contributed by atoms with E-state index in [-0.39, 0.29) is 23.6 Å². The molecule has 8 nitrogen and oxygen atoms in total. The minimum Gasteiger partial charge on any atom is -0.352 e. The molecule has 1 aromatic carbocycles. The first-order chi connectivity index (χ1) is 13.4. The first-order valence-electron chi connectivity index (χ1n) is 9.37. The third-order valence-corrected chi connectivity index (χ3v) is 6.41. The molecule has 3 fully saturated rings. The van der Waals surface area contributed by atoms with Crippen LogP contribution in [0.5, 0.6) is 0 Å². The van der Waals surface area contributed by atoms with E-state index in [1.165, 1.54) is 0 Å². The fourth-order valence-electron chi connectivity index (χ4n) is 4.35. The molecular weight excluding hydrogens is 428 g/mol. The number of urea groups is 1. The van der Waals surface area contributed by atoms with Gasteiger partial charge in [0.15, 0.2) is 0 Å². The normalized spacial score (nSPS) is 30.0. The van der Waals surface area contributed by atoms with Gasteiger partial charge in [-0.3, -0.25) is 19.7 Å². The lowest BCUT2D eigenvalue weighted by atomic mass is 9.76. The first kappa shape index (κ1) is 18.9. The van der Waals surface area contributed by atoms with E-state index in [0.29, 0.717) is 38.8 Å². The maximum atomic E-state index is 13.2. The summed E-state index contributed by atoms with van der Waals surface area (Å²) in [5.41, 5.74) is -0.124. The van der Waals surface area contributed by atoms with Crippen LogP contribution in [0.15, 0.2) is 28.7 Å². The van der Waals surface area contributed by atoms with Gasteiger partial charge in [0.05, 0.1) is 0 Å². The number of carbonyl (C=O) groups excluding carboxylic acids is 4. The maximum absolute atomic E-state index is 13.2. The number of hydrogen-bond donors (Lipinski definition) is 3. The van der Waals surface area contributed by atoms with Gasteiger partial charge in [-0.2, -0.15) is 0 Å². The molecular formula is C19H21BrN4O4. The molecule has 3 N–H and O–H groups in total. The van der Waals surface area contributed by atoms with E-state index in [1.54, 1.807) is 4.90 Å². The van der Waals surface area contributed by atoms with Crippen LogP contribution in [0, 0.1) is 5.92 Å². The van der Waals surface area contributed by atoms with E-state index in [1.807, 2.05) is 24.3 Å². The molecule has 0 bridgehead atoms. The largest absolute Gasteiger partial charge is 0.352 e. The maximum Gasteiger partial charge on any atom is 0.322 e. The first-order valence-corrected chi connectivity index (χ1v) is 10.2. The van der Waals surface area contributed by atoms with E-state index >= 15 is 0 Å². The predicted molar refractivity (Wildman–Crippen MR) is 103 cm³/mol. The zero-order valence-electron chi connectivity index (χ0n) is 15.2. The Kier molecular flexibility index (Phi) is 4.86. The highest BCUT2D eigenvalue weighted by atomic mass is 79.9. The van der Waals surface area contributed by atoms with Crippen molar-refractivity contribution < 1.29 is 19.2 Å². The second-order valence-electron chi connectivity index (χ2n) is 7.54. The van der Waals surface area contributed by atoms with Crippen molar-refractivity contribution in [3.05, 3.63) is 34.3 Å². The fourth-order valence-corrected chi connectivity index (χ4v) is 4.62. The van der Waals surface area contributed by atoms with Crippen LogP contribution in [0.4, 0.5) is 4.79 Å².